The Kier molecular flexibility index (Phi) is 2.80. The number of rotatable bonds is 2. The Hall–Kier alpha value is -1.25. The van der Waals surface area contributed by atoms with Crippen molar-refractivity contribution in [2.45, 2.75) is 13.5 Å². The van der Waals surface area contributed by atoms with Crippen molar-refractivity contribution in [3.63, 3.8) is 0 Å². The molecule has 0 spiro atoms. The molecule has 0 fully saturated rings. The second-order valence-electron chi connectivity index (χ2n) is 2.88. The second-order valence-corrected chi connectivity index (χ2v) is 4.13. The molecule has 0 bridgehead atoms. The van der Waals surface area contributed by atoms with Crippen LogP contribution in [0.15, 0.2) is 21.5 Å². The molecule has 0 aromatic carbocycles. The number of aryl methyl sites for hydroxylation is 1. The molecule has 0 amide bonds. The summed E-state index contributed by atoms with van der Waals surface area (Å²) in [5, 5.41) is 11.4. The minimum Gasteiger partial charge on any atom is -0.424 e. The largest absolute Gasteiger partial charge is 0.424 e. The van der Waals surface area contributed by atoms with E-state index in [1.54, 1.807) is 13.1 Å². The highest BCUT2D eigenvalue weighted by atomic mass is 127. The van der Waals surface area contributed by atoms with Crippen molar-refractivity contribution in [3.05, 3.63) is 38.0 Å². The molecule has 2 aromatic heterocycles. The standard InChI is InChI=1S/C8H7IN4O2/c1-5-11-12-7(15-5)4-13-8(14)2-6(9)3-10-13/h2-3H,4H2,1H3. The van der Waals surface area contributed by atoms with Crippen LogP contribution < -0.4 is 5.56 Å². The molecule has 2 heterocycles. The van der Waals surface area contributed by atoms with Crippen molar-refractivity contribution in [2.24, 2.45) is 0 Å². The van der Waals surface area contributed by atoms with Crippen LogP contribution in [0.3, 0.4) is 0 Å². The molecule has 2 rings (SSSR count). The zero-order valence-corrected chi connectivity index (χ0v) is 10.0. The summed E-state index contributed by atoms with van der Waals surface area (Å²) in [7, 11) is 0. The molecular weight excluding hydrogens is 311 g/mol. The van der Waals surface area contributed by atoms with Crippen LogP contribution in [-0.2, 0) is 6.54 Å². The first-order valence-electron chi connectivity index (χ1n) is 4.17. The van der Waals surface area contributed by atoms with Crippen LogP contribution in [0.2, 0.25) is 0 Å². The summed E-state index contributed by atoms with van der Waals surface area (Å²) < 4.78 is 7.22. The van der Waals surface area contributed by atoms with Gasteiger partial charge in [0.1, 0.15) is 6.54 Å². The van der Waals surface area contributed by atoms with E-state index in [9.17, 15) is 4.79 Å². The van der Waals surface area contributed by atoms with Gasteiger partial charge in [-0.15, -0.1) is 10.2 Å². The molecule has 0 unspecified atom stereocenters. The van der Waals surface area contributed by atoms with E-state index in [0.717, 1.165) is 3.57 Å². The molecule has 78 valence electrons. The van der Waals surface area contributed by atoms with Crippen molar-refractivity contribution in [1.82, 2.24) is 20.0 Å². The van der Waals surface area contributed by atoms with Crippen LogP contribution in [0, 0.1) is 10.5 Å². The molecule has 6 nitrogen and oxygen atoms in total. The van der Waals surface area contributed by atoms with Crippen LogP contribution in [0.25, 0.3) is 0 Å². The van der Waals surface area contributed by atoms with Gasteiger partial charge in [0.2, 0.25) is 11.8 Å². The number of nitrogens with zero attached hydrogens (tertiary/aromatic N) is 4. The molecule has 0 aliphatic carbocycles. The van der Waals surface area contributed by atoms with E-state index in [1.807, 2.05) is 22.6 Å². The zero-order valence-electron chi connectivity index (χ0n) is 7.85. The van der Waals surface area contributed by atoms with E-state index in [1.165, 1.54) is 10.7 Å². The molecule has 0 saturated heterocycles. The van der Waals surface area contributed by atoms with Crippen molar-refractivity contribution < 1.29 is 4.42 Å². The Labute approximate surface area is 98.5 Å². The van der Waals surface area contributed by atoms with Gasteiger partial charge >= 0.3 is 0 Å². The number of hydrogen-bond donors (Lipinski definition) is 0. The first kappa shape index (κ1) is 10.3. The van der Waals surface area contributed by atoms with Gasteiger partial charge in [-0.2, -0.15) is 5.10 Å². The van der Waals surface area contributed by atoms with Gasteiger partial charge in [0, 0.05) is 16.6 Å². The highest BCUT2D eigenvalue weighted by Crippen LogP contribution is 2.00. The van der Waals surface area contributed by atoms with Gasteiger partial charge in [-0.25, -0.2) is 4.68 Å². The summed E-state index contributed by atoms with van der Waals surface area (Å²) in [4.78, 5) is 11.5. The fraction of sp³-hybridized carbons (Fsp3) is 0.250. The average molecular weight is 318 g/mol. The van der Waals surface area contributed by atoms with Crippen LogP contribution in [0.4, 0.5) is 0 Å². The molecule has 0 radical (unpaired) electrons. The Morgan fingerprint density at radius 3 is 2.93 bits per heavy atom. The fourth-order valence-electron chi connectivity index (χ4n) is 1.06. The molecule has 0 aliphatic rings. The van der Waals surface area contributed by atoms with Crippen molar-refractivity contribution in [2.75, 3.05) is 0 Å². The number of aromatic nitrogens is 4. The Morgan fingerprint density at radius 1 is 1.53 bits per heavy atom. The van der Waals surface area contributed by atoms with E-state index in [-0.39, 0.29) is 12.1 Å². The predicted molar refractivity (Wildman–Crippen MR) is 59.4 cm³/mol. The van der Waals surface area contributed by atoms with Crippen LogP contribution in [0.1, 0.15) is 11.8 Å². The molecule has 15 heavy (non-hydrogen) atoms. The normalized spacial score (nSPS) is 10.5. The number of halogens is 1. The van der Waals surface area contributed by atoms with Gasteiger partial charge in [0.25, 0.3) is 5.56 Å². The molecule has 0 N–H and O–H groups in total. The van der Waals surface area contributed by atoms with Gasteiger partial charge < -0.3 is 4.42 Å². The Balaban J connectivity index is 2.28. The first-order valence-corrected chi connectivity index (χ1v) is 5.24. The third-order valence-corrected chi connectivity index (χ3v) is 2.28. The summed E-state index contributed by atoms with van der Waals surface area (Å²) in [5.74, 6) is 0.854. The van der Waals surface area contributed by atoms with Crippen molar-refractivity contribution in [1.29, 1.82) is 0 Å². The highest BCUT2D eigenvalue weighted by Gasteiger charge is 2.05. The van der Waals surface area contributed by atoms with Gasteiger partial charge in [-0.3, -0.25) is 4.79 Å². The summed E-state index contributed by atoms with van der Waals surface area (Å²) >= 11 is 2.03. The first-order chi connectivity index (χ1) is 7.15. The zero-order chi connectivity index (χ0) is 10.8. The molecule has 7 heteroatoms. The minimum atomic E-state index is -0.183. The molecule has 0 saturated carbocycles. The quantitative estimate of drug-likeness (QED) is 0.758. The summed E-state index contributed by atoms with van der Waals surface area (Å²) in [6.07, 6.45) is 1.60. The smallest absolute Gasteiger partial charge is 0.268 e. The van der Waals surface area contributed by atoms with Crippen LogP contribution in [0.5, 0.6) is 0 Å². The van der Waals surface area contributed by atoms with E-state index in [2.05, 4.69) is 15.3 Å². The maximum Gasteiger partial charge on any atom is 0.268 e. The summed E-state index contributed by atoms with van der Waals surface area (Å²) in [6, 6.07) is 1.50. The third kappa shape index (κ3) is 2.41. The topological polar surface area (TPSA) is 73.8 Å². The summed E-state index contributed by atoms with van der Waals surface area (Å²) in [5.41, 5.74) is -0.183. The minimum absolute atomic E-state index is 0.183. The number of hydrogen-bond acceptors (Lipinski definition) is 5. The summed E-state index contributed by atoms with van der Waals surface area (Å²) in [6.45, 7) is 1.90. The molecule has 2 aromatic rings. The highest BCUT2D eigenvalue weighted by molar-refractivity contribution is 14.1. The van der Waals surface area contributed by atoms with E-state index >= 15 is 0 Å². The third-order valence-electron chi connectivity index (χ3n) is 1.69. The molecule has 0 aliphatic heterocycles. The van der Waals surface area contributed by atoms with Gasteiger partial charge in [0.15, 0.2) is 0 Å². The van der Waals surface area contributed by atoms with Gasteiger partial charge in [0.05, 0.1) is 6.20 Å². The molecule has 0 atom stereocenters. The lowest BCUT2D eigenvalue weighted by Crippen LogP contribution is -2.22. The van der Waals surface area contributed by atoms with Crippen LogP contribution in [-0.4, -0.2) is 20.0 Å². The maximum absolute atomic E-state index is 11.5. The lowest BCUT2D eigenvalue weighted by atomic mass is 10.5. The molecular formula is C8H7IN4O2. The second kappa shape index (κ2) is 4.09. The average Bonchev–Trinajstić information content (AvgIpc) is 2.56. The Morgan fingerprint density at radius 2 is 2.33 bits per heavy atom. The van der Waals surface area contributed by atoms with Crippen molar-refractivity contribution >= 4 is 22.6 Å². The Bertz CT molecular complexity index is 533. The predicted octanol–water partition coefficient (Wildman–Crippen LogP) is 0.588. The fourth-order valence-corrected chi connectivity index (χ4v) is 1.45. The maximum atomic E-state index is 11.5. The van der Waals surface area contributed by atoms with Gasteiger partial charge in [-0.1, -0.05) is 0 Å². The SMILES string of the molecule is Cc1nnc(Cn2ncc(I)cc2=O)o1. The van der Waals surface area contributed by atoms with E-state index < -0.39 is 0 Å². The van der Waals surface area contributed by atoms with Crippen molar-refractivity contribution in [3.8, 4) is 0 Å². The van der Waals surface area contributed by atoms with Gasteiger partial charge in [-0.05, 0) is 22.6 Å². The lowest BCUT2D eigenvalue weighted by Gasteiger charge is -1.99. The monoisotopic (exact) mass is 318 g/mol. The van der Waals surface area contributed by atoms with E-state index in [0.29, 0.717) is 11.8 Å². The lowest BCUT2D eigenvalue weighted by molar-refractivity contribution is 0.437. The van der Waals surface area contributed by atoms with Crippen LogP contribution >= 0.6 is 22.6 Å². The van der Waals surface area contributed by atoms with E-state index in [4.69, 9.17) is 4.42 Å².